The molecule has 0 amide bonds. The Bertz CT molecular complexity index is 391. The van der Waals surface area contributed by atoms with Crippen LogP contribution in [0.2, 0.25) is 10.0 Å². The Morgan fingerprint density at radius 3 is 2.62 bits per heavy atom. The molecule has 1 aliphatic rings. The normalized spacial score (nSPS) is 17.2. The molecule has 0 saturated heterocycles. The summed E-state index contributed by atoms with van der Waals surface area (Å²) in [5.74, 6) is 1.36. The second-order valence-corrected chi connectivity index (χ2v) is 5.78. The van der Waals surface area contributed by atoms with E-state index in [0.717, 1.165) is 10.6 Å². The molecular weight excluding hydrogens is 311 g/mol. The molecule has 0 aromatic heterocycles. The third-order valence-electron chi connectivity index (χ3n) is 2.68. The summed E-state index contributed by atoms with van der Waals surface area (Å²) in [5, 5.41) is 1.35. The van der Waals surface area contributed by atoms with Crippen LogP contribution in [0.15, 0.2) is 12.1 Å². The summed E-state index contributed by atoms with van der Waals surface area (Å²) >= 11 is 16.1. The topological polar surface area (TPSA) is 9.23 Å². The lowest BCUT2D eigenvalue weighted by Gasteiger charge is -2.14. The van der Waals surface area contributed by atoms with Crippen LogP contribution in [0.5, 0.6) is 5.75 Å². The van der Waals surface area contributed by atoms with E-state index in [2.05, 4.69) is 15.9 Å². The Morgan fingerprint density at radius 2 is 2.06 bits per heavy atom. The molecule has 0 radical (unpaired) electrons. The fraction of sp³-hybridized carbons (Fsp3) is 0.500. The number of hydrogen-bond donors (Lipinski definition) is 0. The van der Waals surface area contributed by atoms with E-state index in [9.17, 15) is 0 Å². The van der Waals surface area contributed by atoms with Gasteiger partial charge in [0.2, 0.25) is 0 Å². The maximum atomic E-state index is 6.24. The Kier molecular flexibility index (Phi) is 4.04. The first kappa shape index (κ1) is 12.5. The van der Waals surface area contributed by atoms with Crippen LogP contribution in [0.3, 0.4) is 0 Å². The van der Waals surface area contributed by atoms with Gasteiger partial charge in [0.1, 0.15) is 5.75 Å². The lowest BCUT2D eigenvalue weighted by Crippen LogP contribution is -1.97. The largest absolute Gasteiger partial charge is 0.492 e. The molecule has 1 atom stereocenters. The molecule has 0 heterocycles. The standard InChI is InChI=1S/C12H13BrCl2O/c1-2-16-11-6-9(14)8(5-10(11)15)12(13)7-3-4-7/h5-7,12H,2-4H2,1H3. The summed E-state index contributed by atoms with van der Waals surface area (Å²) in [6.45, 7) is 2.52. The van der Waals surface area contributed by atoms with E-state index >= 15 is 0 Å². The van der Waals surface area contributed by atoms with Crippen molar-refractivity contribution in [2.75, 3.05) is 6.61 Å². The predicted octanol–water partition coefficient (Wildman–Crippen LogP) is 5.24. The summed E-state index contributed by atoms with van der Waals surface area (Å²) in [7, 11) is 0. The van der Waals surface area contributed by atoms with Gasteiger partial charge in [-0.25, -0.2) is 0 Å². The smallest absolute Gasteiger partial charge is 0.139 e. The van der Waals surface area contributed by atoms with Crippen LogP contribution in [0, 0.1) is 5.92 Å². The van der Waals surface area contributed by atoms with Gasteiger partial charge in [0, 0.05) is 15.9 Å². The molecule has 1 aliphatic carbocycles. The van der Waals surface area contributed by atoms with E-state index in [1.54, 1.807) is 6.07 Å². The zero-order valence-electron chi connectivity index (χ0n) is 8.97. The number of ether oxygens (including phenoxy) is 1. The van der Waals surface area contributed by atoms with Gasteiger partial charge < -0.3 is 4.74 Å². The van der Waals surface area contributed by atoms with E-state index < -0.39 is 0 Å². The predicted molar refractivity (Wildman–Crippen MR) is 72.0 cm³/mol. The number of alkyl halides is 1. The first-order valence-corrected chi connectivity index (χ1v) is 7.06. The van der Waals surface area contributed by atoms with Crippen molar-refractivity contribution in [3.05, 3.63) is 27.7 Å². The van der Waals surface area contributed by atoms with Gasteiger partial charge in [0.05, 0.1) is 11.6 Å². The SMILES string of the molecule is CCOc1cc(Cl)c(C(Br)C2CC2)cc1Cl. The van der Waals surface area contributed by atoms with Crippen LogP contribution >= 0.6 is 39.1 Å². The van der Waals surface area contributed by atoms with E-state index in [1.807, 2.05) is 13.0 Å². The molecule has 88 valence electrons. The zero-order valence-corrected chi connectivity index (χ0v) is 12.1. The summed E-state index contributed by atoms with van der Waals surface area (Å²) in [4.78, 5) is 0.313. The monoisotopic (exact) mass is 322 g/mol. The van der Waals surface area contributed by atoms with Gasteiger partial charge in [-0.1, -0.05) is 39.1 Å². The Balaban J connectivity index is 2.29. The Hall–Kier alpha value is 0.0800. The van der Waals surface area contributed by atoms with Crippen LogP contribution < -0.4 is 4.74 Å². The third kappa shape index (κ3) is 2.66. The van der Waals surface area contributed by atoms with Gasteiger partial charge in [-0.3, -0.25) is 0 Å². The second-order valence-electron chi connectivity index (χ2n) is 3.98. The average Bonchev–Trinajstić information content (AvgIpc) is 3.06. The first-order valence-electron chi connectivity index (χ1n) is 5.39. The minimum absolute atomic E-state index is 0.313. The Labute approximate surface area is 114 Å². The van der Waals surface area contributed by atoms with Crippen molar-refractivity contribution in [3.8, 4) is 5.75 Å². The lowest BCUT2D eigenvalue weighted by atomic mass is 10.1. The molecule has 1 unspecified atom stereocenters. The molecule has 1 aromatic rings. The summed E-state index contributed by atoms with van der Waals surface area (Å²) < 4.78 is 5.40. The summed E-state index contributed by atoms with van der Waals surface area (Å²) in [5.41, 5.74) is 1.07. The quantitative estimate of drug-likeness (QED) is 0.689. The number of hydrogen-bond acceptors (Lipinski definition) is 1. The van der Waals surface area contributed by atoms with E-state index in [1.165, 1.54) is 12.8 Å². The molecule has 1 fully saturated rings. The van der Waals surface area contributed by atoms with E-state index in [4.69, 9.17) is 27.9 Å². The van der Waals surface area contributed by atoms with Crippen LogP contribution in [-0.2, 0) is 0 Å². The molecule has 0 spiro atoms. The van der Waals surface area contributed by atoms with Crippen LogP contribution in [-0.4, -0.2) is 6.61 Å². The highest BCUT2D eigenvalue weighted by Gasteiger charge is 2.32. The van der Waals surface area contributed by atoms with Gasteiger partial charge in [-0.2, -0.15) is 0 Å². The van der Waals surface area contributed by atoms with Gasteiger partial charge in [0.25, 0.3) is 0 Å². The van der Waals surface area contributed by atoms with Gasteiger partial charge in [-0.15, -0.1) is 0 Å². The molecule has 0 bridgehead atoms. The third-order valence-corrected chi connectivity index (χ3v) is 4.55. The molecular formula is C12H13BrCl2O. The maximum absolute atomic E-state index is 6.24. The summed E-state index contributed by atoms with van der Waals surface area (Å²) in [6, 6.07) is 3.71. The molecule has 4 heteroatoms. The molecule has 2 rings (SSSR count). The van der Waals surface area contributed by atoms with Crippen molar-refractivity contribution < 1.29 is 4.74 Å². The number of rotatable bonds is 4. The first-order chi connectivity index (χ1) is 7.63. The van der Waals surface area contributed by atoms with Crippen LogP contribution in [0.1, 0.15) is 30.2 Å². The van der Waals surface area contributed by atoms with E-state index in [0.29, 0.717) is 28.1 Å². The maximum Gasteiger partial charge on any atom is 0.139 e. The highest BCUT2D eigenvalue weighted by atomic mass is 79.9. The average molecular weight is 324 g/mol. The Morgan fingerprint density at radius 1 is 1.38 bits per heavy atom. The summed E-state index contributed by atoms with van der Waals surface area (Å²) in [6.07, 6.45) is 2.52. The molecule has 1 nitrogen and oxygen atoms in total. The zero-order chi connectivity index (χ0) is 11.7. The van der Waals surface area contributed by atoms with Crippen LogP contribution in [0.25, 0.3) is 0 Å². The van der Waals surface area contributed by atoms with E-state index in [-0.39, 0.29) is 0 Å². The second kappa shape index (κ2) is 5.16. The van der Waals surface area contributed by atoms with Crippen molar-refractivity contribution >= 4 is 39.1 Å². The fourth-order valence-electron chi connectivity index (χ4n) is 1.66. The highest BCUT2D eigenvalue weighted by Crippen LogP contribution is 2.49. The molecule has 16 heavy (non-hydrogen) atoms. The minimum Gasteiger partial charge on any atom is -0.492 e. The highest BCUT2D eigenvalue weighted by molar-refractivity contribution is 9.09. The van der Waals surface area contributed by atoms with Crippen molar-refractivity contribution in [1.29, 1.82) is 0 Å². The minimum atomic E-state index is 0.313. The number of halogens is 3. The lowest BCUT2D eigenvalue weighted by molar-refractivity contribution is 0.340. The van der Waals surface area contributed by atoms with Gasteiger partial charge >= 0.3 is 0 Å². The molecule has 0 aliphatic heterocycles. The van der Waals surface area contributed by atoms with Crippen molar-refractivity contribution in [2.24, 2.45) is 5.92 Å². The van der Waals surface area contributed by atoms with Crippen LogP contribution in [0.4, 0.5) is 0 Å². The van der Waals surface area contributed by atoms with Gasteiger partial charge in [-0.05, 0) is 37.3 Å². The van der Waals surface area contributed by atoms with Crippen molar-refractivity contribution in [2.45, 2.75) is 24.6 Å². The molecule has 1 aromatic carbocycles. The number of benzene rings is 1. The fourth-order valence-corrected chi connectivity index (χ4v) is 3.20. The molecule has 0 N–H and O–H groups in total. The van der Waals surface area contributed by atoms with Crippen molar-refractivity contribution in [3.63, 3.8) is 0 Å². The van der Waals surface area contributed by atoms with Gasteiger partial charge in [0.15, 0.2) is 0 Å². The van der Waals surface area contributed by atoms with Crippen molar-refractivity contribution in [1.82, 2.24) is 0 Å². The molecule has 1 saturated carbocycles.